The molecule has 2 aromatic carbocycles. The smallest absolute Gasteiger partial charge is 0.262 e. The zero-order valence-electron chi connectivity index (χ0n) is 17.3. The Hall–Kier alpha value is -2.29. The van der Waals surface area contributed by atoms with Crippen LogP contribution in [0, 0.1) is 13.8 Å². The summed E-state index contributed by atoms with van der Waals surface area (Å²) < 4.78 is 30.5. The fourth-order valence-electron chi connectivity index (χ4n) is 3.44. The number of benzene rings is 2. The minimum absolute atomic E-state index is 0.128. The summed E-state index contributed by atoms with van der Waals surface area (Å²) in [6.45, 7) is 5.60. The van der Waals surface area contributed by atoms with Gasteiger partial charge in [-0.15, -0.1) is 0 Å². The number of amides is 1. The van der Waals surface area contributed by atoms with Gasteiger partial charge in [0.25, 0.3) is 5.91 Å². The van der Waals surface area contributed by atoms with Crippen LogP contribution < -0.4 is 15.0 Å². The second-order valence-electron chi connectivity index (χ2n) is 7.37. The summed E-state index contributed by atoms with van der Waals surface area (Å²) in [5, 5.41) is 3.59. The lowest BCUT2D eigenvalue weighted by atomic mass is 10.1. The number of nitrogens with one attached hydrogen (secondary N) is 1. The second-order valence-corrected chi connectivity index (χ2v) is 9.73. The molecule has 9 heteroatoms. The molecular formula is C21H26ClN3O4S. The molecule has 7 nitrogen and oxygen atoms in total. The molecule has 1 aliphatic heterocycles. The van der Waals surface area contributed by atoms with Gasteiger partial charge >= 0.3 is 0 Å². The number of sulfonamides is 1. The number of hydrogen-bond donors (Lipinski definition) is 1. The number of aryl methyl sites for hydroxylation is 2. The molecule has 1 aliphatic rings. The first-order valence-electron chi connectivity index (χ1n) is 9.63. The lowest BCUT2D eigenvalue weighted by Crippen LogP contribution is -2.48. The van der Waals surface area contributed by atoms with Gasteiger partial charge in [-0.1, -0.05) is 23.7 Å². The number of nitrogens with zero attached hydrogens (tertiary/aromatic N) is 2. The molecule has 0 saturated carbocycles. The summed E-state index contributed by atoms with van der Waals surface area (Å²) in [5.74, 6) is 0.317. The monoisotopic (exact) mass is 451 g/mol. The molecule has 0 aromatic heterocycles. The van der Waals surface area contributed by atoms with Crippen molar-refractivity contribution in [2.24, 2.45) is 0 Å². The second kappa shape index (κ2) is 9.24. The molecule has 30 heavy (non-hydrogen) atoms. The van der Waals surface area contributed by atoms with Crippen molar-refractivity contribution in [3.05, 3.63) is 52.5 Å². The van der Waals surface area contributed by atoms with Gasteiger partial charge in [0.2, 0.25) is 10.0 Å². The van der Waals surface area contributed by atoms with E-state index in [9.17, 15) is 13.2 Å². The summed E-state index contributed by atoms with van der Waals surface area (Å²) in [6.07, 6.45) is 1.22. The molecule has 1 fully saturated rings. The van der Waals surface area contributed by atoms with E-state index in [1.54, 1.807) is 12.1 Å². The third-order valence-corrected chi connectivity index (χ3v) is 6.91. The first-order valence-corrected chi connectivity index (χ1v) is 11.9. The third kappa shape index (κ3) is 5.44. The zero-order valence-corrected chi connectivity index (χ0v) is 18.9. The van der Waals surface area contributed by atoms with Crippen LogP contribution >= 0.6 is 11.6 Å². The van der Waals surface area contributed by atoms with Gasteiger partial charge in [0.05, 0.1) is 17.6 Å². The summed E-state index contributed by atoms with van der Waals surface area (Å²) in [5.41, 5.74) is 3.32. The van der Waals surface area contributed by atoms with Crippen molar-refractivity contribution in [3.63, 3.8) is 0 Å². The topological polar surface area (TPSA) is 79.0 Å². The predicted octanol–water partition coefficient (Wildman–Crippen LogP) is 3.06. The fourth-order valence-corrected chi connectivity index (χ4v) is 4.38. The highest BCUT2D eigenvalue weighted by Gasteiger charge is 2.24. The molecule has 3 rings (SSSR count). The van der Waals surface area contributed by atoms with Crippen molar-refractivity contribution in [2.75, 3.05) is 49.3 Å². The number of para-hydroxylation sites is 2. The van der Waals surface area contributed by atoms with Crippen LogP contribution in [-0.4, -0.2) is 57.7 Å². The Kier molecular flexibility index (Phi) is 6.90. The molecule has 1 saturated heterocycles. The number of carbonyl (C=O) groups excluding carboxylic acids is 1. The number of ether oxygens (including phenoxy) is 1. The minimum Gasteiger partial charge on any atom is -0.484 e. The van der Waals surface area contributed by atoms with Gasteiger partial charge in [0, 0.05) is 31.2 Å². The Morgan fingerprint density at radius 3 is 2.30 bits per heavy atom. The maximum absolute atomic E-state index is 12.5. The van der Waals surface area contributed by atoms with Crippen LogP contribution in [0.1, 0.15) is 11.1 Å². The highest BCUT2D eigenvalue weighted by Crippen LogP contribution is 2.28. The highest BCUT2D eigenvalue weighted by atomic mass is 35.5. The quantitative estimate of drug-likeness (QED) is 0.730. The summed E-state index contributed by atoms with van der Waals surface area (Å²) in [4.78, 5) is 14.5. The fraction of sp³-hybridized carbons (Fsp3) is 0.381. The molecule has 0 atom stereocenters. The lowest BCUT2D eigenvalue weighted by Gasteiger charge is -2.35. The molecule has 0 bridgehead atoms. The van der Waals surface area contributed by atoms with Crippen molar-refractivity contribution in [1.82, 2.24) is 4.31 Å². The van der Waals surface area contributed by atoms with Crippen LogP contribution in [0.2, 0.25) is 5.02 Å². The van der Waals surface area contributed by atoms with E-state index in [1.165, 1.54) is 10.6 Å². The third-order valence-electron chi connectivity index (χ3n) is 5.01. The molecule has 1 amide bonds. The summed E-state index contributed by atoms with van der Waals surface area (Å²) in [7, 11) is -3.19. The molecule has 1 N–H and O–H groups in total. The van der Waals surface area contributed by atoms with E-state index in [1.807, 2.05) is 38.1 Å². The SMILES string of the molecule is Cc1cc(OCC(=O)Nc2ccccc2N2CCN(S(C)(=O)=O)CC2)cc(C)c1Cl. The molecule has 162 valence electrons. The number of hydrogen-bond acceptors (Lipinski definition) is 5. The Balaban J connectivity index is 1.63. The summed E-state index contributed by atoms with van der Waals surface area (Å²) >= 11 is 6.17. The Morgan fingerprint density at radius 2 is 1.70 bits per heavy atom. The van der Waals surface area contributed by atoms with Crippen LogP contribution in [0.4, 0.5) is 11.4 Å². The lowest BCUT2D eigenvalue weighted by molar-refractivity contribution is -0.118. The van der Waals surface area contributed by atoms with Gasteiger partial charge in [-0.2, -0.15) is 4.31 Å². The maximum atomic E-state index is 12.5. The molecular weight excluding hydrogens is 426 g/mol. The highest BCUT2D eigenvalue weighted by molar-refractivity contribution is 7.88. The Bertz CT molecular complexity index is 1010. The molecule has 0 unspecified atom stereocenters. The minimum atomic E-state index is -3.19. The largest absolute Gasteiger partial charge is 0.484 e. The first-order chi connectivity index (χ1) is 14.1. The standard InChI is InChI=1S/C21H26ClN3O4S/c1-15-12-17(13-16(2)21(15)22)29-14-20(26)23-18-6-4-5-7-19(18)24-8-10-25(11-9-24)30(3,27)28/h4-7,12-13H,8-11,14H2,1-3H3,(H,23,26). The molecule has 1 heterocycles. The molecule has 0 radical (unpaired) electrons. The average Bonchev–Trinajstić information content (AvgIpc) is 2.70. The van der Waals surface area contributed by atoms with Gasteiger partial charge in [-0.25, -0.2) is 8.42 Å². The van der Waals surface area contributed by atoms with Crippen molar-refractivity contribution in [3.8, 4) is 5.75 Å². The zero-order chi connectivity index (χ0) is 21.9. The molecule has 0 spiro atoms. The molecule has 2 aromatic rings. The normalized spacial score (nSPS) is 15.1. The van der Waals surface area contributed by atoms with Gasteiger partial charge < -0.3 is 15.0 Å². The van der Waals surface area contributed by atoms with Crippen LogP contribution in [0.15, 0.2) is 36.4 Å². The van der Waals surface area contributed by atoms with Crippen molar-refractivity contribution < 1.29 is 17.9 Å². The number of anilines is 2. The number of rotatable bonds is 6. The van der Waals surface area contributed by atoms with Gasteiger partial charge in [-0.05, 0) is 49.2 Å². The van der Waals surface area contributed by atoms with E-state index in [0.29, 0.717) is 42.6 Å². The van der Waals surface area contributed by atoms with Crippen LogP contribution in [-0.2, 0) is 14.8 Å². The molecule has 0 aliphatic carbocycles. The summed E-state index contributed by atoms with van der Waals surface area (Å²) in [6, 6.07) is 11.1. The van der Waals surface area contributed by atoms with E-state index in [4.69, 9.17) is 16.3 Å². The maximum Gasteiger partial charge on any atom is 0.262 e. The van der Waals surface area contributed by atoms with E-state index < -0.39 is 10.0 Å². The van der Waals surface area contributed by atoms with Crippen molar-refractivity contribution in [2.45, 2.75) is 13.8 Å². The van der Waals surface area contributed by atoms with E-state index in [0.717, 1.165) is 16.8 Å². The predicted molar refractivity (Wildman–Crippen MR) is 120 cm³/mol. The van der Waals surface area contributed by atoms with Gasteiger partial charge in [0.15, 0.2) is 6.61 Å². The van der Waals surface area contributed by atoms with Crippen LogP contribution in [0.3, 0.4) is 0 Å². The van der Waals surface area contributed by atoms with Crippen molar-refractivity contribution >= 4 is 38.9 Å². The number of carbonyl (C=O) groups is 1. The Labute approximate surface area is 182 Å². The van der Waals surface area contributed by atoms with E-state index in [-0.39, 0.29) is 12.5 Å². The van der Waals surface area contributed by atoms with E-state index in [2.05, 4.69) is 10.2 Å². The van der Waals surface area contributed by atoms with Gasteiger partial charge in [-0.3, -0.25) is 4.79 Å². The van der Waals surface area contributed by atoms with Gasteiger partial charge in [0.1, 0.15) is 5.75 Å². The first kappa shape index (κ1) is 22.4. The Morgan fingerprint density at radius 1 is 1.10 bits per heavy atom. The van der Waals surface area contributed by atoms with E-state index >= 15 is 0 Å². The number of halogens is 1. The van der Waals surface area contributed by atoms with Crippen LogP contribution in [0.5, 0.6) is 5.75 Å². The number of piperazine rings is 1. The van der Waals surface area contributed by atoms with Crippen LogP contribution in [0.25, 0.3) is 0 Å². The van der Waals surface area contributed by atoms with Crippen molar-refractivity contribution in [1.29, 1.82) is 0 Å². The average molecular weight is 452 g/mol.